The highest BCUT2D eigenvalue weighted by Gasteiger charge is 2.53. The van der Waals surface area contributed by atoms with Crippen LogP contribution < -0.4 is 5.90 Å². The van der Waals surface area contributed by atoms with Gasteiger partial charge in [-0.05, 0) is 24.0 Å². The molecule has 0 saturated heterocycles. The van der Waals surface area contributed by atoms with Crippen LogP contribution in [0.4, 0.5) is 0 Å². The zero-order valence-electron chi connectivity index (χ0n) is 9.14. The number of nitrogens with two attached hydrogens (primary N) is 1. The standard InChI is InChI=1S/C11H15NO3S/c1-16(13,14)11(6-7-11)10-4-2-9(3-5-10)8-15-12/h2-5H,6-8,12H2,1H3. The van der Waals surface area contributed by atoms with Crippen LogP contribution in [0.1, 0.15) is 24.0 Å². The summed E-state index contributed by atoms with van der Waals surface area (Å²) in [6.07, 6.45) is 2.74. The lowest BCUT2D eigenvalue weighted by Crippen LogP contribution is -2.19. The van der Waals surface area contributed by atoms with Crippen LogP contribution in [-0.4, -0.2) is 14.7 Å². The van der Waals surface area contributed by atoms with Gasteiger partial charge in [-0.25, -0.2) is 14.3 Å². The Kier molecular flexibility index (Phi) is 2.77. The molecule has 1 aromatic carbocycles. The first kappa shape index (κ1) is 11.6. The third kappa shape index (κ3) is 1.86. The van der Waals surface area contributed by atoms with Crippen LogP contribution >= 0.6 is 0 Å². The van der Waals surface area contributed by atoms with E-state index in [1.807, 2.05) is 24.3 Å². The zero-order valence-corrected chi connectivity index (χ0v) is 9.96. The van der Waals surface area contributed by atoms with E-state index >= 15 is 0 Å². The third-order valence-electron chi connectivity index (χ3n) is 3.14. The number of benzene rings is 1. The van der Waals surface area contributed by atoms with Crippen molar-refractivity contribution in [3.8, 4) is 0 Å². The van der Waals surface area contributed by atoms with Crippen LogP contribution in [0.25, 0.3) is 0 Å². The van der Waals surface area contributed by atoms with Crippen molar-refractivity contribution in [2.24, 2.45) is 5.90 Å². The van der Waals surface area contributed by atoms with Crippen molar-refractivity contribution in [2.45, 2.75) is 24.2 Å². The van der Waals surface area contributed by atoms with Crippen LogP contribution in [0.15, 0.2) is 24.3 Å². The molecule has 0 aromatic heterocycles. The summed E-state index contributed by atoms with van der Waals surface area (Å²) in [5.41, 5.74) is 1.81. The van der Waals surface area contributed by atoms with E-state index in [0.29, 0.717) is 6.61 Å². The second kappa shape index (κ2) is 3.84. The molecule has 0 atom stereocenters. The van der Waals surface area contributed by atoms with Gasteiger partial charge in [0.25, 0.3) is 0 Å². The lowest BCUT2D eigenvalue weighted by molar-refractivity contribution is 0.124. The van der Waals surface area contributed by atoms with Gasteiger partial charge in [0.15, 0.2) is 9.84 Å². The van der Waals surface area contributed by atoms with Gasteiger partial charge in [0.05, 0.1) is 11.4 Å². The molecule has 88 valence electrons. The summed E-state index contributed by atoms with van der Waals surface area (Å²) in [5.74, 6) is 4.97. The Labute approximate surface area is 95.3 Å². The van der Waals surface area contributed by atoms with Crippen LogP contribution in [0, 0.1) is 0 Å². The Hall–Kier alpha value is -0.910. The van der Waals surface area contributed by atoms with Crippen molar-refractivity contribution in [2.75, 3.05) is 6.26 Å². The molecule has 2 rings (SSSR count). The van der Waals surface area contributed by atoms with Crippen LogP contribution in [0.3, 0.4) is 0 Å². The fraction of sp³-hybridized carbons (Fsp3) is 0.455. The van der Waals surface area contributed by atoms with Gasteiger partial charge in [0, 0.05) is 6.26 Å². The summed E-state index contributed by atoms with van der Waals surface area (Å²) in [6, 6.07) is 7.41. The molecule has 1 saturated carbocycles. The molecule has 1 aromatic rings. The fourth-order valence-electron chi connectivity index (χ4n) is 1.99. The van der Waals surface area contributed by atoms with E-state index in [9.17, 15) is 8.42 Å². The highest BCUT2D eigenvalue weighted by Crippen LogP contribution is 2.52. The molecule has 0 radical (unpaired) electrons. The molecule has 1 aliphatic rings. The van der Waals surface area contributed by atoms with E-state index < -0.39 is 14.6 Å². The second-order valence-corrected chi connectivity index (χ2v) is 6.60. The van der Waals surface area contributed by atoms with Crippen LogP contribution in [0.5, 0.6) is 0 Å². The first-order valence-corrected chi connectivity index (χ1v) is 6.99. The van der Waals surface area contributed by atoms with E-state index in [1.54, 1.807) is 0 Å². The van der Waals surface area contributed by atoms with Crippen molar-refractivity contribution >= 4 is 9.84 Å². The molecule has 1 aliphatic carbocycles. The summed E-state index contributed by atoms with van der Waals surface area (Å²) >= 11 is 0. The Morgan fingerprint density at radius 3 is 2.25 bits per heavy atom. The normalized spacial score (nSPS) is 18.4. The molecule has 5 heteroatoms. The highest BCUT2D eigenvalue weighted by atomic mass is 32.2. The second-order valence-electron chi connectivity index (χ2n) is 4.27. The van der Waals surface area contributed by atoms with E-state index in [1.165, 1.54) is 6.26 Å². The van der Waals surface area contributed by atoms with Gasteiger partial charge in [-0.3, -0.25) is 4.84 Å². The summed E-state index contributed by atoms with van der Waals surface area (Å²) in [4.78, 5) is 4.52. The molecule has 0 spiro atoms. The first-order chi connectivity index (χ1) is 7.49. The van der Waals surface area contributed by atoms with Crippen molar-refractivity contribution in [3.05, 3.63) is 35.4 Å². The predicted molar refractivity (Wildman–Crippen MR) is 61.2 cm³/mol. The highest BCUT2D eigenvalue weighted by molar-refractivity contribution is 7.92. The van der Waals surface area contributed by atoms with E-state index in [0.717, 1.165) is 24.0 Å². The molecule has 0 amide bonds. The Bertz CT molecular complexity index is 474. The molecular weight excluding hydrogens is 226 g/mol. The summed E-state index contributed by atoms with van der Waals surface area (Å²) in [7, 11) is -3.03. The van der Waals surface area contributed by atoms with Crippen molar-refractivity contribution in [3.63, 3.8) is 0 Å². The van der Waals surface area contributed by atoms with Crippen molar-refractivity contribution in [1.82, 2.24) is 0 Å². The SMILES string of the molecule is CS(=O)(=O)C1(c2ccc(CON)cc2)CC1. The largest absolute Gasteiger partial charge is 0.300 e. The molecule has 0 heterocycles. The third-order valence-corrected chi connectivity index (χ3v) is 5.21. The van der Waals surface area contributed by atoms with Crippen LogP contribution in [-0.2, 0) is 26.0 Å². The summed E-state index contributed by atoms with van der Waals surface area (Å²) < 4.78 is 22.7. The molecule has 0 unspecified atom stereocenters. The quantitative estimate of drug-likeness (QED) is 0.802. The van der Waals surface area contributed by atoms with Gasteiger partial charge in [-0.2, -0.15) is 0 Å². The number of sulfone groups is 1. The maximum absolute atomic E-state index is 11.7. The fourth-order valence-corrected chi connectivity index (χ4v) is 3.40. The van der Waals surface area contributed by atoms with Crippen LogP contribution in [0.2, 0.25) is 0 Å². The van der Waals surface area contributed by atoms with E-state index in [4.69, 9.17) is 5.90 Å². The molecule has 4 nitrogen and oxygen atoms in total. The number of rotatable bonds is 4. The molecular formula is C11H15NO3S. The van der Waals surface area contributed by atoms with Gasteiger partial charge >= 0.3 is 0 Å². The summed E-state index contributed by atoms with van der Waals surface area (Å²) in [6.45, 7) is 0.339. The maximum Gasteiger partial charge on any atom is 0.157 e. The van der Waals surface area contributed by atoms with Gasteiger partial charge in [0.2, 0.25) is 0 Å². The topological polar surface area (TPSA) is 69.4 Å². The average molecular weight is 241 g/mol. The Balaban J connectivity index is 2.29. The molecule has 1 fully saturated rings. The van der Waals surface area contributed by atoms with Gasteiger partial charge in [-0.1, -0.05) is 24.3 Å². The zero-order chi connectivity index (χ0) is 11.8. The maximum atomic E-state index is 11.7. The lowest BCUT2D eigenvalue weighted by Gasteiger charge is -2.13. The van der Waals surface area contributed by atoms with E-state index in [2.05, 4.69) is 4.84 Å². The lowest BCUT2D eigenvalue weighted by atomic mass is 10.1. The molecule has 16 heavy (non-hydrogen) atoms. The molecule has 0 aliphatic heterocycles. The molecule has 2 N–H and O–H groups in total. The van der Waals surface area contributed by atoms with Crippen molar-refractivity contribution < 1.29 is 13.3 Å². The number of hydrogen-bond acceptors (Lipinski definition) is 4. The average Bonchev–Trinajstić information content (AvgIpc) is 2.99. The minimum absolute atomic E-state index is 0.339. The number of hydrogen-bond donors (Lipinski definition) is 1. The predicted octanol–water partition coefficient (Wildman–Crippen LogP) is 1.11. The van der Waals surface area contributed by atoms with Gasteiger partial charge in [-0.15, -0.1) is 0 Å². The minimum atomic E-state index is -3.03. The Morgan fingerprint density at radius 1 is 1.31 bits per heavy atom. The Morgan fingerprint density at radius 2 is 1.88 bits per heavy atom. The smallest absolute Gasteiger partial charge is 0.157 e. The van der Waals surface area contributed by atoms with Gasteiger partial charge < -0.3 is 0 Å². The van der Waals surface area contributed by atoms with Crippen molar-refractivity contribution in [1.29, 1.82) is 0 Å². The van der Waals surface area contributed by atoms with Gasteiger partial charge in [0.1, 0.15) is 0 Å². The molecule has 0 bridgehead atoms. The first-order valence-electron chi connectivity index (χ1n) is 5.10. The minimum Gasteiger partial charge on any atom is -0.300 e. The monoisotopic (exact) mass is 241 g/mol. The van der Waals surface area contributed by atoms with E-state index in [-0.39, 0.29) is 0 Å². The summed E-state index contributed by atoms with van der Waals surface area (Å²) in [5, 5.41) is 0.